The minimum Gasteiger partial charge on any atom is -0.302 e. The molecule has 1 N–H and O–H groups in total. The van der Waals surface area contributed by atoms with Crippen LogP contribution < -0.4 is 5.49 Å². The highest BCUT2D eigenvalue weighted by Gasteiger charge is 2.39. The average molecular weight is 384 g/mol. The topological polar surface area (TPSA) is 58.7 Å². The van der Waals surface area contributed by atoms with Gasteiger partial charge in [0.15, 0.2) is 10.9 Å². The molecule has 0 saturated heterocycles. The third-order valence-corrected chi connectivity index (χ3v) is 7.39. The van der Waals surface area contributed by atoms with Crippen LogP contribution in [0.5, 0.6) is 0 Å². The molecule has 6 heteroatoms. The first-order valence-electron chi connectivity index (χ1n) is 8.87. The van der Waals surface area contributed by atoms with Crippen LogP contribution in [0.25, 0.3) is 0 Å². The summed E-state index contributed by atoms with van der Waals surface area (Å²) in [5.74, 6) is 0.874. The summed E-state index contributed by atoms with van der Waals surface area (Å²) in [5, 5.41) is 11.1. The van der Waals surface area contributed by atoms with E-state index in [0.717, 1.165) is 22.2 Å². The molecule has 2 aliphatic rings. The number of fused-ring (bicyclic) bond motifs is 3. The van der Waals surface area contributed by atoms with Gasteiger partial charge in [0.1, 0.15) is 10.5 Å². The van der Waals surface area contributed by atoms with E-state index in [1.165, 1.54) is 24.6 Å². The number of thioether (sulfide) groups is 2. The Morgan fingerprint density at radius 1 is 1.38 bits per heavy atom. The Hall–Kier alpha value is -1.79. The van der Waals surface area contributed by atoms with Gasteiger partial charge in [-0.25, -0.2) is 4.98 Å². The molecule has 1 fully saturated rings. The quantitative estimate of drug-likeness (QED) is 0.266. The van der Waals surface area contributed by atoms with Gasteiger partial charge in [0, 0.05) is 28.8 Å². The van der Waals surface area contributed by atoms with Crippen LogP contribution in [0.3, 0.4) is 0 Å². The van der Waals surface area contributed by atoms with E-state index in [2.05, 4.69) is 6.58 Å². The third kappa shape index (κ3) is 3.16. The largest absolute Gasteiger partial charge is 0.302 e. The SMILES string of the molecule is C=CCn1c(SCC(=O)c2ccccc2)nc2c(c1=N)[C@H]1CCC[C@@H]1S2. The molecule has 1 aliphatic heterocycles. The molecule has 0 radical (unpaired) electrons. The van der Waals surface area contributed by atoms with Crippen LogP contribution in [0.1, 0.15) is 41.1 Å². The highest BCUT2D eigenvalue weighted by Crippen LogP contribution is 2.51. The molecular weight excluding hydrogens is 362 g/mol. The van der Waals surface area contributed by atoms with E-state index in [1.807, 2.05) is 46.7 Å². The first-order chi connectivity index (χ1) is 12.7. The van der Waals surface area contributed by atoms with Crippen molar-refractivity contribution in [3.05, 3.63) is 59.6 Å². The number of benzene rings is 1. The summed E-state index contributed by atoms with van der Waals surface area (Å²) in [6.07, 6.45) is 5.40. The van der Waals surface area contributed by atoms with E-state index in [0.29, 0.717) is 34.5 Å². The van der Waals surface area contributed by atoms with Crippen LogP contribution in [0.2, 0.25) is 0 Å². The van der Waals surface area contributed by atoms with Gasteiger partial charge in [-0.05, 0) is 12.8 Å². The number of carbonyl (C=O) groups excluding carboxylic acids is 1. The molecule has 0 spiro atoms. The maximum absolute atomic E-state index is 12.4. The molecular formula is C20H21N3OS2. The Kier molecular flexibility index (Phi) is 5.05. The van der Waals surface area contributed by atoms with Gasteiger partial charge in [-0.3, -0.25) is 10.2 Å². The first kappa shape index (κ1) is 17.6. The summed E-state index contributed by atoms with van der Waals surface area (Å²) < 4.78 is 1.90. The minimum absolute atomic E-state index is 0.0825. The second-order valence-electron chi connectivity index (χ2n) is 6.63. The van der Waals surface area contributed by atoms with Crippen LogP contribution in [0, 0.1) is 5.41 Å². The summed E-state index contributed by atoms with van der Waals surface area (Å²) in [5.41, 5.74) is 2.37. The van der Waals surface area contributed by atoms with Crippen LogP contribution in [-0.4, -0.2) is 26.3 Å². The van der Waals surface area contributed by atoms with Gasteiger partial charge in [-0.15, -0.1) is 18.3 Å². The molecule has 1 aromatic heterocycles. The lowest BCUT2D eigenvalue weighted by Gasteiger charge is -2.15. The second kappa shape index (κ2) is 7.45. The van der Waals surface area contributed by atoms with Gasteiger partial charge in [0.05, 0.1) is 5.75 Å². The fourth-order valence-electron chi connectivity index (χ4n) is 3.76. The fraction of sp³-hybridized carbons (Fsp3) is 0.350. The van der Waals surface area contributed by atoms with Crippen molar-refractivity contribution in [3.8, 4) is 0 Å². The number of ketones is 1. The van der Waals surface area contributed by atoms with Crippen molar-refractivity contribution < 1.29 is 4.79 Å². The predicted octanol–water partition coefficient (Wildman–Crippen LogP) is 4.27. The second-order valence-corrected chi connectivity index (χ2v) is 8.80. The normalized spacial score (nSPS) is 20.6. The maximum atomic E-state index is 12.4. The van der Waals surface area contributed by atoms with Gasteiger partial charge in [-0.2, -0.15) is 0 Å². The van der Waals surface area contributed by atoms with Crippen molar-refractivity contribution in [2.24, 2.45) is 0 Å². The number of nitrogens with zero attached hydrogens (tertiary/aromatic N) is 2. The van der Waals surface area contributed by atoms with E-state index >= 15 is 0 Å². The predicted molar refractivity (Wildman–Crippen MR) is 106 cm³/mol. The van der Waals surface area contributed by atoms with E-state index < -0.39 is 0 Å². The van der Waals surface area contributed by atoms with E-state index in [4.69, 9.17) is 10.4 Å². The van der Waals surface area contributed by atoms with Crippen LogP contribution in [0.15, 0.2) is 53.2 Å². The molecule has 2 heterocycles. The molecule has 1 aliphatic carbocycles. The molecule has 1 aromatic carbocycles. The van der Waals surface area contributed by atoms with E-state index in [9.17, 15) is 4.79 Å². The zero-order chi connectivity index (χ0) is 18.1. The number of carbonyl (C=O) groups is 1. The third-order valence-electron chi connectivity index (χ3n) is 5.01. The fourth-order valence-corrected chi connectivity index (χ4v) is 6.24. The monoisotopic (exact) mass is 383 g/mol. The van der Waals surface area contributed by atoms with Crippen molar-refractivity contribution in [2.75, 3.05) is 5.75 Å². The van der Waals surface area contributed by atoms with Gasteiger partial charge in [-0.1, -0.05) is 54.6 Å². The Bertz CT molecular complexity index is 907. The summed E-state index contributed by atoms with van der Waals surface area (Å²) in [6, 6.07) is 9.33. The number of allylic oxidation sites excluding steroid dienone is 1. The van der Waals surface area contributed by atoms with Crippen molar-refractivity contribution in [3.63, 3.8) is 0 Å². The molecule has 2 aromatic rings. The number of hydrogen-bond acceptors (Lipinski definition) is 5. The smallest absolute Gasteiger partial charge is 0.173 e. The molecule has 1 saturated carbocycles. The molecule has 0 unspecified atom stereocenters. The lowest BCUT2D eigenvalue weighted by Crippen LogP contribution is -2.28. The molecule has 4 nitrogen and oxygen atoms in total. The zero-order valence-corrected chi connectivity index (χ0v) is 16.1. The molecule has 2 atom stereocenters. The van der Waals surface area contributed by atoms with Gasteiger partial charge in [0.25, 0.3) is 0 Å². The van der Waals surface area contributed by atoms with Gasteiger partial charge < -0.3 is 4.57 Å². The Morgan fingerprint density at radius 2 is 2.19 bits per heavy atom. The van der Waals surface area contributed by atoms with Crippen LogP contribution in [0.4, 0.5) is 0 Å². The zero-order valence-electron chi connectivity index (χ0n) is 14.5. The summed E-state index contributed by atoms with van der Waals surface area (Å²) in [7, 11) is 0. The van der Waals surface area contributed by atoms with E-state index in [1.54, 1.807) is 6.08 Å². The number of hydrogen-bond donors (Lipinski definition) is 1. The lowest BCUT2D eigenvalue weighted by molar-refractivity contribution is 0.102. The molecule has 4 rings (SSSR count). The standard InChI is InChI=1S/C20H21N3OS2/c1-2-11-23-18(21)17-14-9-6-10-16(14)26-19(17)22-20(23)25-12-15(24)13-7-4-3-5-8-13/h2-5,7-8,14,16,21H,1,6,9-12H2/t14-,16-/m0/s1. The Labute approximate surface area is 161 Å². The summed E-state index contributed by atoms with van der Waals surface area (Å²) >= 11 is 3.24. The maximum Gasteiger partial charge on any atom is 0.173 e. The van der Waals surface area contributed by atoms with Crippen LogP contribution in [-0.2, 0) is 6.54 Å². The number of Topliss-reactive ketones (excluding diaryl/α,β-unsaturated/α-hetero) is 1. The van der Waals surface area contributed by atoms with Crippen molar-refractivity contribution in [1.29, 1.82) is 5.41 Å². The Morgan fingerprint density at radius 3 is 2.96 bits per heavy atom. The highest BCUT2D eigenvalue weighted by atomic mass is 32.2. The van der Waals surface area contributed by atoms with Crippen molar-refractivity contribution >= 4 is 29.3 Å². The lowest BCUT2D eigenvalue weighted by atomic mass is 10.0. The highest BCUT2D eigenvalue weighted by molar-refractivity contribution is 8.00. The van der Waals surface area contributed by atoms with Crippen molar-refractivity contribution in [2.45, 2.75) is 47.2 Å². The number of rotatable bonds is 6. The molecule has 26 heavy (non-hydrogen) atoms. The molecule has 134 valence electrons. The van der Waals surface area contributed by atoms with Crippen LogP contribution >= 0.6 is 23.5 Å². The number of aromatic nitrogens is 2. The van der Waals surface area contributed by atoms with Gasteiger partial charge in [0.2, 0.25) is 0 Å². The molecule has 0 bridgehead atoms. The van der Waals surface area contributed by atoms with Gasteiger partial charge >= 0.3 is 0 Å². The average Bonchev–Trinajstić information content (AvgIpc) is 3.24. The first-order valence-corrected chi connectivity index (χ1v) is 10.7. The Balaban J connectivity index is 1.63. The molecule has 0 amide bonds. The van der Waals surface area contributed by atoms with Crippen molar-refractivity contribution in [1.82, 2.24) is 9.55 Å². The van der Waals surface area contributed by atoms with E-state index in [-0.39, 0.29) is 5.78 Å². The number of nitrogens with one attached hydrogen (secondary N) is 1. The summed E-state index contributed by atoms with van der Waals surface area (Å²) in [4.78, 5) is 17.3. The summed E-state index contributed by atoms with van der Waals surface area (Å²) in [6.45, 7) is 4.37. The minimum atomic E-state index is 0.0825.